The van der Waals surface area contributed by atoms with Crippen LogP contribution in [-0.4, -0.2) is 60.4 Å². The van der Waals surface area contributed by atoms with Gasteiger partial charge in [-0.25, -0.2) is 0 Å². The molecule has 1 aliphatic carbocycles. The lowest BCUT2D eigenvalue weighted by molar-refractivity contribution is -0.136. The van der Waals surface area contributed by atoms with Crippen LogP contribution in [0.25, 0.3) is 0 Å². The van der Waals surface area contributed by atoms with Crippen molar-refractivity contribution in [1.29, 1.82) is 0 Å². The van der Waals surface area contributed by atoms with Crippen LogP contribution in [0.2, 0.25) is 0 Å². The molecule has 3 rings (SSSR count). The molecule has 3 aliphatic rings. The standard InChI is InChI=1S/C17H29N3O2/c1-13(12-19-8-2-3-9-19)18-16(21)14-6-10-20(11-7-14)17(22)15-4-5-15/h13-15H,2-12H2,1H3,(H,18,21). The Labute approximate surface area is 133 Å². The van der Waals surface area contributed by atoms with E-state index >= 15 is 0 Å². The molecule has 1 saturated carbocycles. The van der Waals surface area contributed by atoms with Crippen molar-refractivity contribution in [2.75, 3.05) is 32.7 Å². The van der Waals surface area contributed by atoms with Gasteiger partial charge in [-0.1, -0.05) is 0 Å². The number of hydrogen-bond donors (Lipinski definition) is 1. The van der Waals surface area contributed by atoms with E-state index in [1.165, 1.54) is 25.9 Å². The second kappa shape index (κ2) is 6.99. The van der Waals surface area contributed by atoms with Gasteiger partial charge in [0.05, 0.1) is 0 Å². The Kier molecular flexibility index (Phi) is 5.01. The molecule has 0 aromatic heterocycles. The smallest absolute Gasteiger partial charge is 0.225 e. The fourth-order valence-electron chi connectivity index (χ4n) is 3.71. The summed E-state index contributed by atoms with van der Waals surface area (Å²) in [6.07, 6.45) is 6.34. The van der Waals surface area contributed by atoms with Crippen molar-refractivity contribution in [2.45, 2.75) is 51.5 Å². The Morgan fingerprint density at radius 1 is 1.00 bits per heavy atom. The number of carbonyl (C=O) groups is 2. The Balaban J connectivity index is 1.38. The van der Waals surface area contributed by atoms with E-state index in [1.807, 2.05) is 4.90 Å². The monoisotopic (exact) mass is 307 g/mol. The third kappa shape index (κ3) is 4.00. The van der Waals surface area contributed by atoms with Crippen LogP contribution in [0.5, 0.6) is 0 Å². The molecule has 2 heterocycles. The van der Waals surface area contributed by atoms with Gasteiger partial charge in [0.2, 0.25) is 11.8 Å². The van der Waals surface area contributed by atoms with Crippen molar-refractivity contribution < 1.29 is 9.59 Å². The number of likely N-dealkylation sites (tertiary alicyclic amines) is 2. The molecule has 124 valence electrons. The summed E-state index contributed by atoms with van der Waals surface area (Å²) in [7, 11) is 0. The predicted octanol–water partition coefficient (Wildman–Crippen LogP) is 1.24. The number of piperidine rings is 1. The number of nitrogens with one attached hydrogen (secondary N) is 1. The van der Waals surface area contributed by atoms with Crippen molar-refractivity contribution in [3.63, 3.8) is 0 Å². The van der Waals surface area contributed by atoms with E-state index in [1.54, 1.807) is 0 Å². The van der Waals surface area contributed by atoms with E-state index in [4.69, 9.17) is 0 Å². The number of carbonyl (C=O) groups excluding carboxylic acids is 2. The highest BCUT2D eigenvalue weighted by Gasteiger charge is 2.36. The first kappa shape index (κ1) is 15.8. The number of nitrogens with zero attached hydrogens (tertiary/aromatic N) is 2. The molecule has 0 aromatic rings. The van der Waals surface area contributed by atoms with Gasteiger partial charge in [0.15, 0.2) is 0 Å². The van der Waals surface area contributed by atoms with Crippen LogP contribution in [0.4, 0.5) is 0 Å². The van der Waals surface area contributed by atoms with Gasteiger partial charge in [0.25, 0.3) is 0 Å². The molecular formula is C17H29N3O2. The van der Waals surface area contributed by atoms with Gasteiger partial charge in [0, 0.05) is 37.5 Å². The SMILES string of the molecule is CC(CN1CCCC1)NC(=O)C1CCN(C(=O)C2CC2)CC1. The van der Waals surface area contributed by atoms with Crippen LogP contribution in [0.3, 0.4) is 0 Å². The van der Waals surface area contributed by atoms with Crippen molar-refractivity contribution in [3.05, 3.63) is 0 Å². The molecule has 1 atom stereocenters. The van der Waals surface area contributed by atoms with Gasteiger partial charge >= 0.3 is 0 Å². The number of amides is 2. The lowest BCUT2D eigenvalue weighted by Gasteiger charge is -2.32. The molecule has 5 nitrogen and oxygen atoms in total. The number of hydrogen-bond acceptors (Lipinski definition) is 3. The molecule has 2 amide bonds. The van der Waals surface area contributed by atoms with Crippen LogP contribution in [0, 0.1) is 11.8 Å². The summed E-state index contributed by atoms with van der Waals surface area (Å²) in [6, 6.07) is 0.219. The third-order valence-corrected chi connectivity index (χ3v) is 5.22. The molecule has 22 heavy (non-hydrogen) atoms. The van der Waals surface area contributed by atoms with Crippen LogP contribution in [-0.2, 0) is 9.59 Å². The molecule has 2 aliphatic heterocycles. The molecule has 5 heteroatoms. The molecular weight excluding hydrogens is 278 g/mol. The van der Waals surface area contributed by atoms with Gasteiger partial charge in [-0.15, -0.1) is 0 Å². The molecule has 2 saturated heterocycles. The first-order chi connectivity index (χ1) is 10.6. The fraction of sp³-hybridized carbons (Fsp3) is 0.882. The van der Waals surface area contributed by atoms with E-state index in [-0.39, 0.29) is 17.9 Å². The van der Waals surface area contributed by atoms with Gasteiger partial charge in [-0.2, -0.15) is 0 Å². The minimum Gasteiger partial charge on any atom is -0.352 e. The average molecular weight is 307 g/mol. The van der Waals surface area contributed by atoms with Crippen molar-refractivity contribution in [3.8, 4) is 0 Å². The predicted molar refractivity (Wildman–Crippen MR) is 85.3 cm³/mol. The van der Waals surface area contributed by atoms with Crippen LogP contribution < -0.4 is 5.32 Å². The Morgan fingerprint density at radius 3 is 2.23 bits per heavy atom. The number of rotatable bonds is 5. The van der Waals surface area contributed by atoms with E-state index in [9.17, 15) is 9.59 Å². The van der Waals surface area contributed by atoms with E-state index in [0.29, 0.717) is 11.8 Å². The minimum atomic E-state index is 0.0873. The van der Waals surface area contributed by atoms with E-state index < -0.39 is 0 Å². The molecule has 3 fully saturated rings. The zero-order chi connectivity index (χ0) is 15.5. The summed E-state index contributed by atoms with van der Waals surface area (Å²) in [5.41, 5.74) is 0. The Hall–Kier alpha value is -1.10. The van der Waals surface area contributed by atoms with Crippen LogP contribution in [0.1, 0.15) is 45.4 Å². The maximum atomic E-state index is 12.4. The second-order valence-electron chi connectivity index (χ2n) is 7.29. The highest BCUT2D eigenvalue weighted by Crippen LogP contribution is 2.32. The summed E-state index contributed by atoms with van der Waals surface area (Å²) in [5, 5.41) is 3.17. The van der Waals surface area contributed by atoms with Gasteiger partial charge in [-0.3, -0.25) is 9.59 Å². The zero-order valence-electron chi connectivity index (χ0n) is 13.7. The normalized spacial score (nSPS) is 25.2. The maximum Gasteiger partial charge on any atom is 0.225 e. The van der Waals surface area contributed by atoms with Gasteiger partial charge in [0.1, 0.15) is 0 Å². The molecule has 1 unspecified atom stereocenters. The fourth-order valence-corrected chi connectivity index (χ4v) is 3.71. The highest BCUT2D eigenvalue weighted by molar-refractivity contribution is 5.82. The summed E-state index contributed by atoms with van der Waals surface area (Å²) < 4.78 is 0. The minimum absolute atomic E-state index is 0.0873. The molecule has 0 bridgehead atoms. The van der Waals surface area contributed by atoms with Crippen molar-refractivity contribution in [1.82, 2.24) is 15.1 Å². The van der Waals surface area contributed by atoms with Gasteiger partial charge in [-0.05, 0) is 58.5 Å². The summed E-state index contributed by atoms with van der Waals surface area (Å²) in [6.45, 7) is 6.92. The Morgan fingerprint density at radius 2 is 1.64 bits per heavy atom. The zero-order valence-corrected chi connectivity index (χ0v) is 13.7. The second-order valence-corrected chi connectivity index (χ2v) is 7.29. The summed E-state index contributed by atoms with van der Waals surface area (Å²) in [4.78, 5) is 28.8. The first-order valence-electron chi connectivity index (χ1n) is 8.95. The van der Waals surface area contributed by atoms with Crippen LogP contribution >= 0.6 is 0 Å². The third-order valence-electron chi connectivity index (χ3n) is 5.22. The maximum absolute atomic E-state index is 12.4. The Bertz CT molecular complexity index is 408. The molecule has 0 radical (unpaired) electrons. The quantitative estimate of drug-likeness (QED) is 0.831. The van der Waals surface area contributed by atoms with E-state index in [2.05, 4.69) is 17.1 Å². The molecule has 0 aromatic carbocycles. The van der Waals surface area contributed by atoms with Gasteiger partial charge < -0.3 is 15.1 Å². The lowest BCUT2D eigenvalue weighted by Crippen LogP contribution is -2.47. The average Bonchev–Trinajstić information content (AvgIpc) is 3.25. The molecule has 0 spiro atoms. The van der Waals surface area contributed by atoms with E-state index in [0.717, 1.165) is 45.3 Å². The van der Waals surface area contributed by atoms with Crippen molar-refractivity contribution >= 4 is 11.8 Å². The molecule has 1 N–H and O–H groups in total. The topological polar surface area (TPSA) is 52.7 Å². The lowest BCUT2D eigenvalue weighted by atomic mass is 9.95. The highest BCUT2D eigenvalue weighted by atomic mass is 16.2. The summed E-state index contributed by atoms with van der Waals surface area (Å²) >= 11 is 0. The summed E-state index contributed by atoms with van der Waals surface area (Å²) in [5.74, 6) is 0.890. The first-order valence-corrected chi connectivity index (χ1v) is 8.95. The largest absolute Gasteiger partial charge is 0.352 e. The van der Waals surface area contributed by atoms with Crippen LogP contribution in [0.15, 0.2) is 0 Å². The van der Waals surface area contributed by atoms with Crippen molar-refractivity contribution in [2.24, 2.45) is 11.8 Å².